The zero-order valence-electron chi connectivity index (χ0n) is 17.7. The monoisotopic (exact) mass is 441 g/mol. The highest BCUT2D eigenvalue weighted by atomic mass is 32.1. The molecule has 0 radical (unpaired) electrons. The van der Waals surface area contributed by atoms with E-state index < -0.39 is 10.9 Å². The number of carboxylic acid groups (broad SMARTS) is 1. The van der Waals surface area contributed by atoms with Gasteiger partial charge in [-0.3, -0.25) is 10.1 Å². The van der Waals surface area contributed by atoms with Crippen LogP contribution >= 0.6 is 11.3 Å². The Morgan fingerprint density at radius 1 is 1.19 bits per heavy atom. The third kappa shape index (κ3) is 7.27. The zero-order valence-corrected chi connectivity index (χ0v) is 18.5. The second-order valence-corrected chi connectivity index (χ2v) is 7.71. The Morgan fingerprint density at radius 3 is 2.39 bits per heavy atom. The fourth-order valence-corrected chi connectivity index (χ4v) is 3.37. The van der Waals surface area contributed by atoms with Gasteiger partial charge in [-0.25, -0.2) is 4.57 Å². The Kier molecular flexibility index (Phi) is 8.33. The summed E-state index contributed by atoms with van der Waals surface area (Å²) in [5.74, 6) is -1.08. The van der Waals surface area contributed by atoms with Crippen molar-refractivity contribution in [1.29, 1.82) is 0 Å². The van der Waals surface area contributed by atoms with Crippen LogP contribution in [0, 0.1) is 17.0 Å². The molecule has 2 aromatic carbocycles. The van der Waals surface area contributed by atoms with Gasteiger partial charge in [-0.15, -0.1) is 0 Å². The lowest BCUT2D eigenvalue weighted by Gasteiger charge is -2.20. The molecular formula is C21H23N5O4S. The standard InChI is InChI=1S/C19H20N5O2S.C2H4O2/c1-14-11-16(22(2)12-15-7-5-4-6-8-15)9-10-17(14)20-21-19-23(3)13-18(27-19)24(25)26;1-2(3)4/h4-11,13H,12H2,1-3H3;1H3,(H,3,4)/q+1;/p-1. The third-order valence-corrected chi connectivity index (χ3v) is 5.12. The number of azo groups is 1. The lowest BCUT2D eigenvalue weighted by Crippen LogP contribution is -2.23. The molecule has 0 saturated heterocycles. The fourth-order valence-electron chi connectivity index (χ4n) is 2.62. The Labute approximate surface area is 184 Å². The van der Waals surface area contributed by atoms with Crippen molar-refractivity contribution in [2.75, 3.05) is 11.9 Å². The maximum Gasteiger partial charge on any atom is 0.414 e. The second-order valence-electron chi connectivity index (χ2n) is 6.72. The van der Waals surface area contributed by atoms with Crippen molar-refractivity contribution in [3.63, 3.8) is 0 Å². The van der Waals surface area contributed by atoms with Gasteiger partial charge in [0.2, 0.25) is 0 Å². The molecule has 0 bridgehead atoms. The number of aliphatic carboxylic acids is 1. The van der Waals surface area contributed by atoms with Crippen molar-refractivity contribution in [2.24, 2.45) is 17.3 Å². The number of hydrogen-bond donors (Lipinski definition) is 0. The van der Waals surface area contributed by atoms with Crippen LogP contribution in [0.2, 0.25) is 0 Å². The molecule has 0 aliphatic carbocycles. The van der Waals surface area contributed by atoms with Crippen molar-refractivity contribution in [3.8, 4) is 0 Å². The summed E-state index contributed by atoms with van der Waals surface area (Å²) in [6.45, 7) is 3.76. The molecule has 0 aliphatic rings. The van der Waals surface area contributed by atoms with E-state index in [9.17, 15) is 10.1 Å². The SMILES string of the molecule is CC(=O)[O-].Cc1cc(N(C)Cc2ccccc2)ccc1N=Nc1sc([N+](=O)[O-])c[n+]1C. The van der Waals surface area contributed by atoms with Crippen LogP contribution in [0.5, 0.6) is 0 Å². The number of nitrogens with zero attached hydrogens (tertiary/aromatic N) is 5. The van der Waals surface area contributed by atoms with Crippen LogP contribution in [0.4, 0.5) is 21.5 Å². The van der Waals surface area contributed by atoms with Crippen molar-refractivity contribution < 1.29 is 19.4 Å². The summed E-state index contributed by atoms with van der Waals surface area (Å²) < 4.78 is 1.60. The van der Waals surface area contributed by atoms with E-state index in [0.29, 0.717) is 5.13 Å². The van der Waals surface area contributed by atoms with Gasteiger partial charge in [-0.1, -0.05) is 30.3 Å². The molecule has 0 atom stereocenters. The molecule has 10 heteroatoms. The first-order valence-corrected chi connectivity index (χ1v) is 10.1. The number of thiazole rings is 1. The summed E-state index contributed by atoms with van der Waals surface area (Å²) in [5, 5.41) is 28.7. The Balaban J connectivity index is 0.000000785. The van der Waals surface area contributed by atoms with Gasteiger partial charge in [0.15, 0.2) is 6.20 Å². The van der Waals surface area contributed by atoms with E-state index in [1.54, 1.807) is 11.6 Å². The Morgan fingerprint density at radius 2 is 1.84 bits per heavy atom. The van der Waals surface area contributed by atoms with Crippen molar-refractivity contribution in [1.82, 2.24) is 0 Å². The van der Waals surface area contributed by atoms with Gasteiger partial charge in [-0.2, -0.15) is 0 Å². The van der Waals surface area contributed by atoms with Gasteiger partial charge in [0.05, 0.1) is 17.1 Å². The van der Waals surface area contributed by atoms with E-state index >= 15 is 0 Å². The van der Waals surface area contributed by atoms with Crippen molar-refractivity contribution in [3.05, 3.63) is 76.0 Å². The lowest BCUT2D eigenvalue weighted by atomic mass is 10.1. The third-order valence-electron chi connectivity index (χ3n) is 4.11. The minimum Gasteiger partial charge on any atom is -0.550 e. The van der Waals surface area contributed by atoms with Crippen LogP contribution in [0.3, 0.4) is 0 Å². The Bertz CT molecular complexity index is 1080. The smallest absolute Gasteiger partial charge is 0.414 e. The van der Waals surface area contributed by atoms with Crippen LogP contribution < -0.4 is 14.6 Å². The summed E-state index contributed by atoms with van der Waals surface area (Å²) in [6.07, 6.45) is 1.44. The number of rotatable bonds is 6. The molecule has 0 unspecified atom stereocenters. The van der Waals surface area contributed by atoms with E-state index in [-0.39, 0.29) is 5.00 Å². The molecule has 9 nitrogen and oxygen atoms in total. The highest BCUT2D eigenvalue weighted by Gasteiger charge is 2.21. The number of anilines is 1. The molecule has 0 aliphatic heterocycles. The van der Waals surface area contributed by atoms with Gasteiger partial charge >= 0.3 is 10.1 Å². The highest BCUT2D eigenvalue weighted by molar-refractivity contribution is 7.17. The van der Waals surface area contributed by atoms with Crippen molar-refractivity contribution >= 4 is 38.8 Å². The summed E-state index contributed by atoms with van der Waals surface area (Å²) in [7, 11) is 3.76. The van der Waals surface area contributed by atoms with Crippen LogP contribution in [0.15, 0.2) is 65.0 Å². The van der Waals surface area contributed by atoms with Gasteiger partial charge in [0.1, 0.15) is 5.69 Å². The molecule has 0 amide bonds. The number of nitro groups is 1. The number of aromatic nitrogens is 1. The van der Waals surface area contributed by atoms with Gasteiger partial charge in [-0.05, 0) is 48.3 Å². The van der Waals surface area contributed by atoms with Gasteiger partial charge < -0.3 is 14.8 Å². The molecule has 1 aromatic heterocycles. The summed E-state index contributed by atoms with van der Waals surface area (Å²) in [4.78, 5) is 21.5. The minimum atomic E-state index is -1.08. The zero-order chi connectivity index (χ0) is 23.0. The second kappa shape index (κ2) is 10.9. The average Bonchev–Trinajstić information content (AvgIpc) is 3.08. The number of aryl methyl sites for hydroxylation is 2. The number of carboxylic acids is 1. The van der Waals surface area contributed by atoms with E-state index in [1.165, 1.54) is 11.8 Å². The maximum absolute atomic E-state index is 10.9. The summed E-state index contributed by atoms with van der Waals surface area (Å²) in [6, 6.07) is 16.3. The fraction of sp³-hybridized carbons (Fsp3) is 0.238. The largest absolute Gasteiger partial charge is 0.550 e. The molecular weight excluding hydrogens is 418 g/mol. The molecule has 3 rings (SSSR count). The predicted molar refractivity (Wildman–Crippen MR) is 117 cm³/mol. The first kappa shape index (κ1) is 23.6. The van der Waals surface area contributed by atoms with E-state index in [4.69, 9.17) is 9.90 Å². The summed E-state index contributed by atoms with van der Waals surface area (Å²) in [5.41, 5.74) is 4.06. The first-order valence-electron chi connectivity index (χ1n) is 9.26. The van der Waals surface area contributed by atoms with Gasteiger partial charge in [0.25, 0.3) is 0 Å². The molecule has 0 N–H and O–H groups in total. The van der Waals surface area contributed by atoms with E-state index in [1.807, 2.05) is 44.3 Å². The average molecular weight is 442 g/mol. The van der Waals surface area contributed by atoms with Crippen LogP contribution in [-0.2, 0) is 18.4 Å². The van der Waals surface area contributed by atoms with Crippen LogP contribution in [-0.4, -0.2) is 17.9 Å². The topological polar surface area (TPSA) is 115 Å². The normalized spacial score (nSPS) is 10.5. The van der Waals surface area contributed by atoms with E-state index in [2.05, 4.69) is 33.3 Å². The number of carbonyl (C=O) groups is 1. The number of benzene rings is 2. The molecule has 162 valence electrons. The molecule has 0 saturated carbocycles. The molecule has 1 heterocycles. The summed E-state index contributed by atoms with van der Waals surface area (Å²) >= 11 is 0.997. The molecule has 31 heavy (non-hydrogen) atoms. The quantitative estimate of drug-likeness (QED) is 0.251. The van der Waals surface area contributed by atoms with Crippen molar-refractivity contribution in [2.45, 2.75) is 20.4 Å². The van der Waals surface area contributed by atoms with E-state index in [0.717, 1.165) is 41.7 Å². The molecule has 0 fully saturated rings. The lowest BCUT2D eigenvalue weighted by molar-refractivity contribution is -0.656. The Hall–Kier alpha value is -3.66. The molecule has 3 aromatic rings. The van der Waals surface area contributed by atoms with Crippen LogP contribution in [0.25, 0.3) is 0 Å². The maximum atomic E-state index is 10.9. The first-order chi connectivity index (χ1) is 14.7. The molecule has 0 spiro atoms. The van der Waals surface area contributed by atoms with Gasteiger partial charge in [0, 0.05) is 36.6 Å². The number of hydrogen-bond acceptors (Lipinski definition) is 8. The van der Waals surface area contributed by atoms with Crippen LogP contribution in [0.1, 0.15) is 18.1 Å². The number of carbonyl (C=O) groups excluding carboxylic acids is 1. The highest BCUT2D eigenvalue weighted by Crippen LogP contribution is 2.29. The minimum absolute atomic E-state index is 0.0426. The predicted octanol–water partition coefficient (Wildman–Crippen LogP) is 3.60.